The summed E-state index contributed by atoms with van der Waals surface area (Å²) in [5, 5.41) is 10.3. The smallest absolute Gasteiger partial charge is 0.329 e. The normalized spacial score (nSPS) is 15.3. The molecule has 1 heterocycles. The Hall–Kier alpha value is -1.69. The summed E-state index contributed by atoms with van der Waals surface area (Å²) in [5.41, 5.74) is 0.320. The monoisotopic (exact) mass is 199 g/mol. The van der Waals surface area contributed by atoms with Crippen LogP contribution in [0.2, 0.25) is 0 Å². The molecule has 76 valence electrons. The summed E-state index contributed by atoms with van der Waals surface area (Å²) in [6, 6.07) is 0. The van der Waals surface area contributed by atoms with Crippen molar-refractivity contribution in [3.63, 3.8) is 0 Å². The van der Waals surface area contributed by atoms with Crippen molar-refractivity contribution in [3.05, 3.63) is 11.6 Å². The van der Waals surface area contributed by atoms with Crippen LogP contribution in [-0.2, 0) is 19.1 Å². The van der Waals surface area contributed by atoms with Crippen LogP contribution in [0.5, 0.6) is 0 Å². The maximum Gasteiger partial charge on any atom is 0.329 e. The number of carbonyl (C=O) groups excluding carboxylic acids is 2. The number of rotatable bonds is 5. The Morgan fingerprint density at radius 1 is 1.50 bits per heavy atom. The summed E-state index contributed by atoms with van der Waals surface area (Å²) in [4.78, 5) is 31.6. The summed E-state index contributed by atoms with van der Waals surface area (Å²) in [7, 11) is 0. The minimum atomic E-state index is -1.06. The highest BCUT2D eigenvalue weighted by atomic mass is 16.5. The number of carbonyl (C=O) groups is 3. The predicted molar refractivity (Wildman–Crippen MR) is 44.3 cm³/mol. The van der Waals surface area contributed by atoms with Gasteiger partial charge in [-0.15, -0.1) is 0 Å². The average Bonchev–Trinajstić information content (AvgIpc) is 2.39. The average molecular weight is 199 g/mol. The molecule has 0 aliphatic carbocycles. The van der Waals surface area contributed by atoms with Gasteiger partial charge in [-0.25, -0.2) is 4.79 Å². The Morgan fingerprint density at radius 3 is 2.71 bits per heavy atom. The van der Waals surface area contributed by atoms with Crippen LogP contribution in [0.3, 0.4) is 0 Å². The molecular weight excluding hydrogens is 190 g/mol. The van der Waals surface area contributed by atoms with Gasteiger partial charge in [-0.05, 0) is 0 Å². The molecule has 2 amide bonds. The largest absolute Gasteiger partial charge is 0.480 e. The maximum absolute atomic E-state index is 10.9. The van der Waals surface area contributed by atoms with Gasteiger partial charge in [0.25, 0.3) is 11.8 Å². The quantitative estimate of drug-likeness (QED) is 0.440. The van der Waals surface area contributed by atoms with E-state index < -0.39 is 24.4 Å². The lowest BCUT2D eigenvalue weighted by Gasteiger charge is -2.00. The Balaban J connectivity index is 2.25. The molecule has 6 nitrogen and oxygen atoms in total. The van der Waals surface area contributed by atoms with E-state index in [4.69, 9.17) is 9.84 Å². The maximum atomic E-state index is 10.9. The van der Waals surface area contributed by atoms with Gasteiger partial charge in [-0.3, -0.25) is 14.9 Å². The van der Waals surface area contributed by atoms with E-state index in [2.05, 4.69) is 5.32 Å². The minimum Gasteiger partial charge on any atom is -0.480 e. The van der Waals surface area contributed by atoms with Crippen molar-refractivity contribution in [2.24, 2.45) is 0 Å². The van der Waals surface area contributed by atoms with Crippen molar-refractivity contribution in [1.82, 2.24) is 5.32 Å². The highest BCUT2D eigenvalue weighted by Crippen LogP contribution is 2.06. The van der Waals surface area contributed by atoms with Crippen molar-refractivity contribution in [3.8, 4) is 0 Å². The second-order valence-corrected chi connectivity index (χ2v) is 2.68. The Labute approximate surface area is 79.5 Å². The summed E-state index contributed by atoms with van der Waals surface area (Å²) in [6.07, 6.45) is 1.43. The third-order valence-corrected chi connectivity index (χ3v) is 1.57. The van der Waals surface area contributed by atoms with Gasteiger partial charge in [-0.1, -0.05) is 0 Å². The van der Waals surface area contributed by atoms with Crippen LogP contribution < -0.4 is 5.32 Å². The molecule has 0 aromatic rings. The van der Waals surface area contributed by atoms with Crippen molar-refractivity contribution in [2.45, 2.75) is 6.42 Å². The van der Waals surface area contributed by atoms with Crippen LogP contribution in [0.15, 0.2) is 11.6 Å². The van der Waals surface area contributed by atoms with Crippen LogP contribution >= 0.6 is 0 Å². The molecule has 1 rings (SSSR count). The van der Waals surface area contributed by atoms with E-state index in [9.17, 15) is 14.4 Å². The fraction of sp³-hybridized carbons (Fsp3) is 0.375. The molecular formula is C8H9NO5. The Bertz CT molecular complexity index is 307. The van der Waals surface area contributed by atoms with Gasteiger partial charge in [0.05, 0.1) is 6.61 Å². The molecule has 0 saturated carbocycles. The molecule has 0 radical (unpaired) electrons. The first kappa shape index (κ1) is 10.4. The van der Waals surface area contributed by atoms with Crippen LogP contribution in [0.1, 0.15) is 6.42 Å². The molecule has 6 heteroatoms. The lowest BCUT2D eigenvalue weighted by atomic mass is 10.2. The summed E-state index contributed by atoms with van der Waals surface area (Å²) in [5.74, 6) is -1.94. The van der Waals surface area contributed by atoms with E-state index >= 15 is 0 Å². The van der Waals surface area contributed by atoms with Crippen LogP contribution in [0.25, 0.3) is 0 Å². The lowest BCUT2D eigenvalue weighted by molar-refractivity contribution is -0.142. The number of amides is 2. The molecule has 0 spiro atoms. The number of nitrogens with one attached hydrogen (secondary N) is 1. The molecule has 1 aliphatic rings. The zero-order valence-corrected chi connectivity index (χ0v) is 7.28. The first-order valence-electron chi connectivity index (χ1n) is 3.95. The van der Waals surface area contributed by atoms with E-state index in [0.717, 1.165) is 0 Å². The lowest BCUT2D eigenvalue weighted by Crippen LogP contribution is -2.22. The molecule has 0 aromatic carbocycles. The molecule has 0 saturated heterocycles. The van der Waals surface area contributed by atoms with E-state index in [1.807, 2.05) is 0 Å². The molecule has 0 unspecified atom stereocenters. The first-order valence-corrected chi connectivity index (χ1v) is 3.95. The zero-order valence-electron chi connectivity index (χ0n) is 7.28. The number of ether oxygens (including phenoxy) is 1. The van der Waals surface area contributed by atoms with Crippen molar-refractivity contribution >= 4 is 17.8 Å². The van der Waals surface area contributed by atoms with Crippen molar-refractivity contribution in [2.75, 3.05) is 13.2 Å². The fourth-order valence-electron chi connectivity index (χ4n) is 0.979. The fourth-order valence-corrected chi connectivity index (χ4v) is 0.979. The van der Waals surface area contributed by atoms with E-state index in [0.29, 0.717) is 5.57 Å². The molecule has 0 fully saturated rings. The Kier molecular flexibility index (Phi) is 3.35. The number of carboxylic acid groups (broad SMARTS) is 1. The van der Waals surface area contributed by atoms with Crippen LogP contribution in [0, 0.1) is 0 Å². The molecule has 2 N–H and O–H groups in total. The summed E-state index contributed by atoms with van der Waals surface area (Å²) in [6.45, 7) is -0.290. The number of imide groups is 1. The standard InChI is InChI=1S/C8H9NO5/c10-6-3-5(8(13)9-6)1-2-14-4-7(11)12/h3H,1-2,4H2,(H,11,12)(H,9,10,13). The number of hydrogen-bond acceptors (Lipinski definition) is 4. The summed E-state index contributed by atoms with van der Waals surface area (Å²) >= 11 is 0. The Morgan fingerprint density at radius 2 is 2.21 bits per heavy atom. The van der Waals surface area contributed by atoms with Gasteiger partial charge >= 0.3 is 5.97 Å². The molecule has 0 aromatic heterocycles. The van der Waals surface area contributed by atoms with Gasteiger partial charge in [0.1, 0.15) is 6.61 Å². The summed E-state index contributed by atoms with van der Waals surface area (Å²) < 4.78 is 4.71. The van der Waals surface area contributed by atoms with Gasteiger partial charge in [-0.2, -0.15) is 0 Å². The molecule has 0 atom stereocenters. The molecule has 14 heavy (non-hydrogen) atoms. The second kappa shape index (κ2) is 4.52. The number of carboxylic acids is 1. The van der Waals surface area contributed by atoms with Crippen molar-refractivity contribution in [1.29, 1.82) is 0 Å². The van der Waals surface area contributed by atoms with Gasteiger partial charge in [0.2, 0.25) is 0 Å². The number of hydrogen-bond donors (Lipinski definition) is 2. The topological polar surface area (TPSA) is 92.7 Å². The highest BCUT2D eigenvalue weighted by Gasteiger charge is 2.19. The zero-order chi connectivity index (χ0) is 10.6. The van der Waals surface area contributed by atoms with Crippen LogP contribution in [-0.4, -0.2) is 36.1 Å². The van der Waals surface area contributed by atoms with E-state index in [-0.39, 0.29) is 13.0 Å². The SMILES string of the molecule is O=C(O)COCCC1=CC(=O)NC1=O. The predicted octanol–water partition coefficient (Wildman–Crippen LogP) is -0.940. The first-order chi connectivity index (χ1) is 6.59. The minimum absolute atomic E-state index is 0.110. The van der Waals surface area contributed by atoms with Gasteiger partial charge < -0.3 is 9.84 Å². The molecule has 0 bridgehead atoms. The highest BCUT2D eigenvalue weighted by molar-refractivity contribution is 6.16. The van der Waals surface area contributed by atoms with Gasteiger partial charge in [0.15, 0.2) is 0 Å². The third-order valence-electron chi connectivity index (χ3n) is 1.57. The molecule has 1 aliphatic heterocycles. The van der Waals surface area contributed by atoms with E-state index in [1.54, 1.807) is 0 Å². The third kappa shape index (κ3) is 2.98. The van der Waals surface area contributed by atoms with Crippen molar-refractivity contribution < 1.29 is 24.2 Å². The van der Waals surface area contributed by atoms with Crippen LogP contribution in [0.4, 0.5) is 0 Å². The van der Waals surface area contributed by atoms with Gasteiger partial charge in [0, 0.05) is 18.1 Å². The number of aliphatic carboxylic acids is 1. The second-order valence-electron chi connectivity index (χ2n) is 2.68. The van der Waals surface area contributed by atoms with E-state index in [1.165, 1.54) is 6.08 Å².